The molecule has 0 aliphatic rings. The molecule has 2 aromatic rings. The summed E-state index contributed by atoms with van der Waals surface area (Å²) in [6.07, 6.45) is 3.37. The fourth-order valence-corrected chi connectivity index (χ4v) is 1.37. The lowest BCUT2D eigenvalue weighted by Gasteiger charge is -2.03. The van der Waals surface area contributed by atoms with Crippen molar-refractivity contribution in [3.05, 3.63) is 40.9 Å². The highest BCUT2D eigenvalue weighted by Crippen LogP contribution is 2.18. The van der Waals surface area contributed by atoms with Crippen molar-refractivity contribution in [3.8, 4) is 5.69 Å². The van der Waals surface area contributed by atoms with Crippen LogP contribution >= 0.6 is 15.9 Å². The second-order valence-electron chi connectivity index (χ2n) is 2.80. The minimum atomic E-state index is 1.07. The molecule has 0 spiro atoms. The first-order chi connectivity index (χ1) is 6.27. The summed E-state index contributed by atoms with van der Waals surface area (Å²) in [5, 5.41) is 7.50. The van der Waals surface area contributed by atoms with Gasteiger partial charge in [-0.3, -0.25) is 4.57 Å². The maximum atomic E-state index is 3.75. The van der Waals surface area contributed by atoms with Crippen LogP contribution < -0.4 is 0 Å². The Bertz CT molecular complexity index is 409. The van der Waals surface area contributed by atoms with E-state index in [-0.39, 0.29) is 0 Å². The van der Waals surface area contributed by atoms with Crippen molar-refractivity contribution in [1.82, 2.24) is 14.8 Å². The van der Waals surface area contributed by atoms with Crippen molar-refractivity contribution in [2.75, 3.05) is 0 Å². The molecule has 0 bridgehead atoms. The zero-order chi connectivity index (χ0) is 9.26. The van der Waals surface area contributed by atoms with Crippen molar-refractivity contribution < 1.29 is 0 Å². The number of hydrogen-bond donors (Lipinski definition) is 0. The van der Waals surface area contributed by atoms with E-state index in [4.69, 9.17) is 0 Å². The quantitative estimate of drug-likeness (QED) is 0.763. The van der Waals surface area contributed by atoms with Crippen LogP contribution in [-0.2, 0) is 0 Å². The number of benzene rings is 1. The van der Waals surface area contributed by atoms with E-state index < -0.39 is 0 Å². The predicted octanol–water partition coefficient (Wildman–Crippen LogP) is 2.34. The number of nitrogens with zero attached hydrogens (tertiary/aromatic N) is 3. The fraction of sp³-hybridized carbons (Fsp3) is 0.111. The zero-order valence-electron chi connectivity index (χ0n) is 7.11. The molecule has 4 heteroatoms. The van der Waals surface area contributed by atoms with E-state index in [1.165, 1.54) is 5.56 Å². The van der Waals surface area contributed by atoms with E-state index in [1.54, 1.807) is 12.7 Å². The molecule has 1 aromatic heterocycles. The summed E-state index contributed by atoms with van der Waals surface area (Å²) in [5.74, 6) is 0. The molecule has 3 nitrogen and oxygen atoms in total. The summed E-state index contributed by atoms with van der Waals surface area (Å²) >= 11 is 3.45. The van der Waals surface area contributed by atoms with Gasteiger partial charge >= 0.3 is 0 Å². The van der Waals surface area contributed by atoms with Gasteiger partial charge in [-0.25, -0.2) is 0 Å². The Labute approximate surface area is 84.5 Å². The fourth-order valence-electron chi connectivity index (χ4n) is 1.12. The van der Waals surface area contributed by atoms with Gasteiger partial charge in [0.25, 0.3) is 0 Å². The highest BCUT2D eigenvalue weighted by molar-refractivity contribution is 9.10. The second-order valence-corrected chi connectivity index (χ2v) is 3.66. The highest BCUT2D eigenvalue weighted by atomic mass is 79.9. The molecule has 0 atom stereocenters. The Hall–Kier alpha value is -1.16. The van der Waals surface area contributed by atoms with Crippen LogP contribution in [0.3, 0.4) is 0 Å². The molecular weight excluding hydrogens is 230 g/mol. The SMILES string of the molecule is Cc1cc(-n2cnnc2)ccc1Br. The summed E-state index contributed by atoms with van der Waals surface area (Å²) in [7, 11) is 0. The van der Waals surface area contributed by atoms with Gasteiger partial charge in [0.15, 0.2) is 0 Å². The molecule has 0 aliphatic carbocycles. The van der Waals surface area contributed by atoms with Gasteiger partial charge in [0, 0.05) is 10.2 Å². The lowest BCUT2D eigenvalue weighted by molar-refractivity contribution is 1.05. The van der Waals surface area contributed by atoms with E-state index in [1.807, 2.05) is 16.7 Å². The molecule has 0 radical (unpaired) electrons. The average molecular weight is 238 g/mol. The van der Waals surface area contributed by atoms with E-state index in [0.717, 1.165) is 10.2 Å². The van der Waals surface area contributed by atoms with Crippen molar-refractivity contribution in [1.29, 1.82) is 0 Å². The van der Waals surface area contributed by atoms with Crippen LogP contribution in [0.4, 0.5) is 0 Å². The molecule has 0 amide bonds. The van der Waals surface area contributed by atoms with E-state index in [9.17, 15) is 0 Å². The number of aromatic nitrogens is 3. The first-order valence-corrected chi connectivity index (χ1v) is 4.68. The van der Waals surface area contributed by atoms with E-state index in [0.29, 0.717) is 0 Å². The Kier molecular flexibility index (Phi) is 2.14. The maximum Gasteiger partial charge on any atom is 0.123 e. The lowest BCUT2D eigenvalue weighted by Crippen LogP contribution is -1.90. The van der Waals surface area contributed by atoms with Crippen molar-refractivity contribution >= 4 is 15.9 Å². The third-order valence-electron chi connectivity index (χ3n) is 1.86. The number of halogens is 1. The molecular formula is C9H8BrN3. The minimum absolute atomic E-state index is 1.07. The van der Waals surface area contributed by atoms with E-state index in [2.05, 4.69) is 39.1 Å². The smallest absolute Gasteiger partial charge is 0.123 e. The monoisotopic (exact) mass is 237 g/mol. The average Bonchev–Trinajstić information content (AvgIpc) is 2.62. The van der Waals surface area contributed by atoms with E-state index >= 15 is 0 Å². The van der Waals surface area contributed by atoms with Crippen molar-refractivity contribution in [2.24, 2.45) is 0 Å². The predicted molar refractivity (Wildman–Crippen MR) is 53.8 cm³/mol. The molecule has 1 heterocycles. The summed E-state index contributed by atoms with van der Waals surface area (Å²) in [6, 6.07) is 6.11. The summed E-state index contributed by atoms with van der Waals surface area (Å²) in [5.41, 5.74) is 2.27. The molecule has 0 saturated heterocycles. The molecule has 0 fully saturated rings. The van der Waals surface area contributed by atoms with Crippen LogP contribution in [0, 0.1) is 6.92 Å². The Morgan fingerprint density at radius 1 is 1.23 bits per heavy atom. The van der Waals surface area contributed by atoms with Crippen LogP contribution in [0.25, 0.3) is 5.69 Å². The van der Waals surface area contributed by atoms with Gasteiger partial charge in [0.2, 0.25) is 0 Å². The largest absolute Gasteiger partial charge is 0.288 e. The van der Waals surface area contributed by atoms with Gasteiger partial charge < -0.3 is 0 Å². The van der Waals surface area contributed by atoms with Gasteiger partial charge in [-0.2, -0.15) is 0 Å². The van der Waals surface area contributed by atoms with Crippen LogP contribution in [0.5, 0.6) is 0 Å². The zero-order valence-corrected chi connectivity index (χ0v) is 8.69. The second kappa shape index (κ2) is 3.30. The van der Waals surface area contributed by atoms with Crippen molar-refractivity contribution in [2.45, 2.75) is 6.92 Å². The molecule has 0 aliphatic heterocycles. The summed E-state index contributed by atoms with van der Waals surface area (Å²) < 4.78 is 2.99. The van der Waals surface area contributed by atoms with Crippen molar-refractivity contribution in [3.63, 3.8) is 0 Å². The topological polar surface area (TPSA) is 30.7 Å². The van der Waals surface area contributed by atoms with Gasteiger partial charge in [-0.15, -0.1) is 10.2 Å². The van der Waals surface area contributed by atoms with Gasteiger partial charge in [0.05, 0.1) is 0 Å². The highest BCUT2D eigenvalue weighted by Gasteiger charge is 1.98. The molecule has 2 rings (SSSR count). The molecule has 0 saturated carbocycles. The van der Waals surface area contributed by atoms with Crippen LogP contribution in [-0.4, -0.2) is 14.8 Å². The van der Waals surface area contributed by atoms with Gasteiger partial charge in [-0.05, 0) is 30.7 Å². The third-order valence-corrected chi connectivity index (χ3v) is 2.75. The molecule has 0 N–H and O–H groups in total. The molecule has 0 unspecified atom stereocenters. The maximum absolute atomic E-state index is 3.75. The van der Waals surface area contributed by atoms with Crippen LogP contribution in [0.15, 0.2) is 35.3 Å². The first-order valence-electron chi connectivity index (χ1n) is 3.88. The Morgan fingerprint density at radius 2 is 1.92 bits per heavy atom. The standard InChI is InChI=1S/C9H8BrN3/c1-7-4-8(2-3-9(7)10)13-5-11-12-6-13/h2-6H,1H3. The molecule has 13 heavy (non-hydrogen) atoms. The normalized spacial score (nSPS) is 10.3. The number of aryl methyl sites for hydroxylation is 1. The summed E-state index contributed by atoms with van der Waals surface area (Å²) in [4.78, 5) is 0. The van der Waals surface area contributed by atoms with Gasteiger partial charge in [-0.1, -0.05) is 15.9 Å². The lowest BCUT2D eigenvalue weighted by atomic mass is 10.2. The number of hydrogen-bond acceptors (Lipinski definition) is 2. The van der Waals surface area contributed by atoms with Gasteiger partial charge in [0.1, 0.15) is 12.7 Å². The van der Waals surface area contributed by atoms with Crippen LogP contribution in [0.1, 0.15) is 5.56 Å². The summed E-state index contributed by atoms with van der Waals surface area (Å²) in [6.45, 7) is 2.05. The Balaban J connectivity index is 2.49. The molecule has 66 valence electrons. The third kappa shape index (κ3) is 1.62. The number of rotatable bonds is 1. The molecule has 1 aromatic carbocycles. The first kappa shape index (κ1) is 8.44. The Morgan fingerprint density at radius 3 is 2.54 bits per heavy atom. The van der Waals surface area contributed by atoms with Crippen LogP contribution in [0.2, 0.25) is 0 Å². The minimum Gasteiger partial charge on any atom is -0.288 e.